The Labute approximate surface area is 186 Å². The Bertz CT molecular complexity index is 1290. The average Bonchev–Trinajstić information content (AvgIpc) is 3.31. The Balaban J connectivity index is 1.49. The van der Waals surface area contributed by atoms with Crippen LogP contribution in [-0.2, 0) is 7.05 Å². The Morgan fingerprint density at radius 1 is 1.00 bits per heavy atom. The van der Waals surface area contributed by atoms with Gasteiger partial charge in [0.05, 0.1) is 17.4 Å². The zero-order valence-electron chi connectivity index (χ0n) is 19.0. The molecule has 0 unspecified atom stereocenters. The van der Waals surface area contributed by atoms with Crippen LogP contribution >= 0.6 is 0 Å². The van der Waals surface area contributed by atoms with Crippen molar-refractivity contribution >= 4 is 11.2 Å². The van der Waals surface area contributed by atoms with Crippen LogP contribution in [-0.4, -0.2) is 51.2 Å². The number of benzene rings is 1. The first-order valence-electron chi connectivity index (χ1n) is 10.8. The van der Waals surface area contributed by atoms with E-state index in [0.717, 1.165) is 24.1 Å². The van der Waals surface area contributed by atoms with Gasteiger partial charge in [0, 0.05) is 35.4 Å². The Morgan fingerprint density at radius 2 is 1.75 bits per heavy atom. The highest BCUT2D eigenvalue weighted by atomic mass is 16.3. The second kappa shape index (κ2) is 7.09. The van der Waals surface area contributed by atoms with Gasteiger partial charge in [-0.2, -0.15) is 5.10 Å². The molecule has 0 aliphatic carbocycles. The van der Waals surface area contributed by atoms with Crippen molar-refractivity contribution in [1.29, 1.82) is 0 Å². The quantitative estimate of drug-likeness (QED) is 0.510. The lowest BCUT2D eigenvalue weighted by Crippen LogP contribution is -2.58. The molecule has 2 N–H and O–H groups in total. The minimum atomic E-state index is -0.0144. The zero-order chi connectivity index (χ0) is 22.7. The molecule has 1 fully saturated rings. The van der Waals surface area contributed by atoms with Gasteiger partial charge in [-0.1, -0.05) is 11.3 Å². The van der Waals surface area contributed by atoms with Gasteiger partial charge in [-0.05, 0) is 64.8 Å². The predicted molar refractivity (Wildman–Crippen MR) is 122 cm³/mol. The molecule has 0 spiro atoms. The number of aromatic nitrogens is 7. The molecular formula is C23H28N8O. The van der Waals surface area contributed by atoms with Gasteiger partial charge in [0.15, 0.2) is 0 Å². The molecule has 3 aromatic heterocycles. The average molecular weight is 433 g/mol. The number of aryl methyl sites for hydroxylation is 1. The van der Waals surface area contributed by atoms with E-state index >= 15 is 0 Å². The van der Waals surface area contributed by atoms with Gasteiger partial charge >= 0.3 is 0 Å². The van der Waals surface area contributed by atoms with Crippen molar-refractivity contribution < 1.29 is 5.11 Å². The summed E-state index contributed by atoms with van der Waals surface area (Å²) in [5, 5.41) is 36.2. The van der Waals surface area contributed by atoms with E-state index in [4.69, 9.17) is 0 Å². The minimum Gasteiger partial charge on any atom is -0.507 e. The van der Waals surface area contributed by atoms with Crippen LogP contribution in [0.5, 0.6) is 5.75 Å². The van der Waals surface area contributed by atoms with Crippen molar-refractivity contribution in [3.05, 3.63) is 36.5 Å². The summed E-state index contributed by atoms with van der Waals surface area (Å²) in [6.07, 6.45) is 3.58. The van der Waals surface area contributed by atoms with Gasteiger partial charge in [0.2, 0.25) is 5.65 Å². The SMILES string of the molecule is Cn1nccc1-c1ccc(-c2cc3nnn(C4CC(C)(C)NC(C)(C)C4)c3nn2)c(O)c1. The van der Waals surface area contributed by atoms with Crippen molar-refractivity contribution in [2.75, 3.05) is 0 Å². The molecule has 0 saturated carbocycles. The molecular weight excluding hydrogens is 404 g/mol. The number of phenols is 1. The van der Waals surface area contributed by atoms with E-state index in [2.05, 4.69) is 58.6 Å². The van der Waals surface area contributed by atoms with E-state index in [1.165, 1.54) is 0 Å². The van der Waals surface area contributed by atoms with Crippen LogP contribution in [0.1, 0.15) is 46.6 Å². The number of aromatic hydroxyl groups is 1. The fourth-order valence-electron chi connectivity index (χ4n) is 5.13. The van der Waals surface area contributed by atoms with Gasteiger partial charge in [-0.25, -0.2) is 4.68 Å². The van der Waals surface area contributed by atoms with Crippen LogP contribution in [0.15, 0.2) is 36.5 Å². The maximum absolute atomic E-state index is 10.7. The van der Waals surface area contributed by atoms with Crippen LogP contribution in [0.4, 0.5) is 0 Å². The lowest BCUT2D eigenvalue weighted by molar-refractivity contribution is 0.127. The molecule has 0 amide bonds. The van der Waals surface area contributed by atoms with Gasteiger partial charge < -0.3 is 10.4 Å². The molecule has 9 heteroatoms. The lowest BCUT2D eigenvalue weighted by atomic mass is 9.80. The van der Waals surface area contributed by atoms with E-state index in [9.17, 15) is 5.11 Å². The first kappa shape index (κ1) is 20.6. The van der Waals surface area contributed by atoms with Crippen molar-refractivity contribution in [2.45, 2.75) is 57.7 Å². The van der Waals surface area contributed by atoms with Crippen LogP contribution in [0, 0.1) is 0 Å². The summed E-state index contributed by atoms with van der Waals surface area (Å²) >= 11 is 0. The van der Waals surface area contributed by atoms with E-state index < -0.39 is 0 Å². The third-order valence-electron chi connectivity index (χ3n) is 6.13. The van der Waals surface area contributed by atoms with Gasteiger partial charge in [0.25, 0.3) is 0 Å². The standard InChI is InChI=1S/C23H28N8O/c1-22(2)12-15(13-23(3,4)28-22)31-21-18(26-29-31)11-17(25-27-21)16-7-6-14(10-20(16)32)19-8-9-24-30(19)5/h6-11,15,28,32H,12-13H2,1-5H3. The number of nitrogens with one attached hydrogen (secondary N) is 1. The molecule has 9 nitrogen and oxygen atoms in total. The normalized spacial score (nSPS) is 18.3. The zero-order valence-corrected chi connectivity index (χ0v) is 19.0. The number of rotatable bonds is 3. The summed E-state index contributed by atoms with van der Waals surface area (Å²) in [6, 6.07) is 9.42. The Kier molecular flexibility index (Phi) is 4.56. The lowest BCUT2D eigenvalue weighted by Gasteiger charge is -2.46. The predicted octanol–water partition coefficient (Wildman–Crippen LogP) is 3.48. The minimum absolute atomic E-state index is 0.0144. The molecule has 5 rings (SSSR count). The summed E-state index contributed by atoms with van der Waals surface area (Å²) in [4.78, 5) is 0. The topological polar surface area (TPSA) is 107 Å². The van der Waals surface area contributed by atoms with Crippen molar-refractivity contribution in [3.8, 4) is 28.3 Å². The Morgan fingerprint density at radius 3 is 2.41 bits per heavy atom. The van der Waals surface area contributed by atoms with E-state index in [1.54, 1.807) is 16.9 Å². The monoisotopic (exact) mass is 432 g/mol. The summed E-state index contributed by atoms with van der Waals surface area (Å²) in [5.74, 6) is 0.131. The third kappa shape index (κ3) is 3.62. The molecule has 1 aromatic carbocycles. The smallest absolute Gasteiger partial charge is 0.201 e. The van der Waals surface area contributed by atoms with E-state index in [-0.39, 0.29) is 22.9 Å². The fraction of sp³-hybridized carbons (Fsp3) is 0.435. The highest BCUT2D eigenvalue weighted by Gasteiger charge is 2.39. The van der Waals surface area contributed by atoms with E-state index in [1.807, 2.05) is 36.0 Å². The molecule has 4 heterocycles. The second-order valence-electron chi connectivity index (χ2n) is 10.00. The van der Waals surface area contributed by atoms with Gasteiger partial charge in [0.1, 0.15) is 11.3 Å². The first-order chi connectivity index (χ1) is 15.1. The highest BCUT2D eigenvalue weighted by Crippen LogP contribution is 2.37. The van der Waals surface area contributed by atoms with Crippen molar-refractivity contribution in [1.82, 2.24) is 40.3 Å². The van der Waals surface area contributed by atoms with Crippen LogP contribution in [0.25, 0.3) is 33.7 Å². The molecule has 4 aromatic rings. The molecule has 0 bridgehead atoms. The molecule has 1 aliphatic rings. The molecule has 1 saturated heterocycles. The molecule has 166 valence electrons. The highest BCUT2D eigenvalue weighted by molar-refractivity contribution is 5.79. The summed E-state index contributed by atoms with van der Waals surface area (Å²) in [7, 11) is 1.87. The first-order valence-corrected chi connectivity index (χ1v) is 10.8. The largest absolute Gasteiger partial charge is 0.507 e. The number of hydrogen-bond donors (Lipinski definition) is 2. The van der Waals surface area contributed by atoms with E-state index in [0.29, 0.717) is 22.4 Å². The summed E-state index contributed by atoms with van der Waals surface area (Å²) in [5.41, 5.74) is 4.26. The van der Waals surface area contributed by atoms with Gasteiger partial charge in [-0.3, -0.25) is 4.68 Å². The summed E-state index contributed by atoms with van der Waals surface area (Å²) in [6.45, 7) is 8.84. The fourth-order valence-corrected chi connectivity index (χ4v) is 5.13. The maximum atomic E-state index is 10.7. The molecule has 0 radical (unpaired) electrons. The van der Waals surface area contributed by atoms with Crippen LogP contribution < -0.4 is 5.32 Å². The Hall–Kier alpha value is -3.33. The number of piperidine rings is 1. The molecule has 32 heavy (non-hydrogen) atoms. The van der Waals surface area contributed by atoms with Crippen molar-refractivity contribution in [2.24, 2.45) is 7.05 Å². The number of hydrogen-bond acceptors (Lipinski definition) is 7. The number of phenolic OH excluding ortho intramolecular Hbond substituents is 1. The summed E-state index contributed by atoms with van der Waals surface area (Å²) < 4.78 is 3.67. The number of fused-ring (bicyclic) bond motifs is 1. The van der Waals surface area contributed by atoms with Crippen LogP contribution in [0.3, 0.4) is 0 Å². The molecule has 0 atom stereocenters. The molecule has 1 aliphatic heterocycles. The van der Waals surface area contributed by atoms with Crippen LogP contribution in [0.2, 0.25) is 0 Å². The van der Waals surface area contributed by atoms with Crippen molar-refractivity contribution in [3.63, 3.8) is 0 Å². The van der Waals surface area contributed by atoms with Gasteiger partial charge in [-0.15, -0.1) is 15.3 Å². The second-order valence-corrected chi connectivity index (χ2v) is 10.00. The maximum Gasteiger partial charge on any atom is 0.201 e. The third-order valence-corrected chi connectivity index (χ3v) is 6.13. The number of nitrogens with zero attached hydrogens (tertiary/aromatic N) is 7.